The van der Waals surface area contributed by atoms with Crippen LogP contribution in [0.15, 0.2) is 48.5 Å². The summed E-state index contributed by atoms with van der Waals surface area (Å²) in [4.78, 5) is 39.8. The van der Waals surface area contributed by atoms with Crippen molar-refractivity contribution in [2.75, 3.05) is 7.11 Å². The number of ether oxygens (including phenoxy) is 2. The van der Waals surface area contributed by atoms with E-state index in [1.165, 1.54) is 19.2 Å². The second kappa shape index (κ2) is 9.68. The highest BCUT2D eigenvalue weighted by Gasteiger charge is 2.26. The van der Waals surface area contributed by atoms with Gasteiger partial charge in [0, 0.05) is 24.2 Å². The minimum Gasteiger partial charge on any atom is -0.467 e. The molecule has 0 aliphatic rings. The van der Waals surface area contributed by atoms with E-state index in [1.807, 2.05) is 34.9 Å². The van der Waals surface area contributed by atoms with Crippen LogP contribution in [0.25, 0.3) is 16.7 Å². The Bertz CT molecular complexity index is 1170. The molecule has 0 spiro atoms. The molecule has 3 rings (SSSR count). The number of nitro benzene ring substituents is 1. The average molecular weight is 454 g/mol. The second-order valence-corrected chi connectivity index (χ2v) is 8.39. The molecule has 0 aliphatic carbocycles. The van der Waals surface area contributed by atoms with E-state index < -0.39 is 28.6 Å². The number of aryl methyl sites for hydroxylation is 1. The maximum absolute atomic E-state index is 12.3. The van der Waals surface area contributed by atoms with Crippen molar-refractivity contribution in [2.45, 2.75) is 45.3 Å². The van der Waals surface area contributed by atoms with Crippen molar-refractivity contribution >= 4 is 28.8 Å². The Morgan fingerprint density at radius 1 is 1.18 bits per heavy atom. The molecule has 1 heterocycles. The largest absolute Gasteiger partial charge is 0.467 e. The van der Waals surface area contributed by atoms with Gasteiger partial charge in [-0.25, -0.2) is 14.6 Å². The molecule has 2 aromatic carbocycles. The molecular weight excluding hydrogens is 428 g/mol. The van der Waals surface area contributed by atoms with E-state index in [4.69, 9.17) is 9.47 Å². The van der Waals surface area contributed by atoms with Crippen molar-refractivity contribution in [1.29, 1.82) is 0 Å². The Labute approximate surface area is 190 Å². The molecule has 1 N–H and O–H groups in total. The number of aromatic nitrogens is 2. The number of nitrogens with one attached hydrogen (secondary N) is 1. The number of rotatable bonds is 7. The monoisotopic (exact) mass is 454 g/mol. The lowest BCUT2D eigenvalue weighted by molar-refractivity contribution is -0.384. The van der Waals surface area contributed by atoms with Gasteiger partial charge in [-0.3, -0.25) is 14.7 Å². The number of amides is 1. The molecule has 0 aliphatic heterocycles. The SMILES string of the molecule is COC(=O)[C@H](CCc1nc2cc([N+](=O)[O-])ccc2n1-c1ccccc1)NC(=O)OC(C)(C)C. The third kappa shape index (κ3) is 5.85. The Hall–Kier alpha value is -3.95. The molecule has 174 valence electrons. The summed E-state index contributed by atoms with van der Waals surface area (Å²) in [7, 11) is 1.24. The van der Waals surface area contributed by atoms with Gasteiger partial charge in [-0.2, -0.15) is 0 Å². The predicted octanol–water partition coefficient (Wildman–Crippen LogP) is 3.93. The van der Waals surface area contributed by atoms with Gasteiger partial charge in [0.1, 0.15) is 17.5 Å². The van der Waals surface area contributed by atoms with Crippen molar-refractivity contribution in [3.8, 4) is 5.69 Å². The van der Waals surface area contributed by atoms with Crippen molar-refractivity contribution in [2.24, 2.45) is 0 Å². The van der Waals surface area contributed by atoms with Crippen molar-refractivity contribution < 1.29 is 24.0 Å². The summed E-state index contributed by atoms with van der Waals surface area (Å²) in [6.07, 6.45) is -0.262. The summed E-state index contributed by atoms with van der Waals surface area (Å²) >= 11 is 0. The number of benzene rings is 2. The van der Waals surface area contributed by atoms with Gasteiger partial charge in [-0.1, -0.05) is 18.2 Å². The van der Waals surface area contributed by atoms with E-state index in [0.29, 0.717) is 16.9 Å². The molecule has 1 atom stereocenters. The third-order valence-corrected chi connectivity index (χ3v) is 4.77. The normalized spacial score (nSPS) is 12.2. The first-order chi connectivity index (χ1) is 15.6. The second-order valence-electron chi connectivity index (χ2n) is 8.39. The number of imidazole rings is 1. The van der Waals surface area contributed by atoms with E-state index in [1.54, 1.807) is 26.8 Å². The first-order valence-corrected chi connectivity index (χ1v) is 10.4. The van der Waals surface area contributed by atoms with Crippen LogP contribution in [-0.2, 0) is 20.7 Å². The Morgan fingerprint density at radius 3 is 2.48 bits per heavy atom. The van der Waals surface area contributed by atoms with Crippen molar-refractivity contribution in [1.82, 2.24) is 14.9 Å². The highest BCUT2D eigenvalue weighted by molar-refractivity contribution is 5.82. The highest BCUT2D eigenvalue weighted by atomic mass is 16.6. The standard InChI is InChI=1S/C23H26N4O6/c1-23(2,3)33-22(29)25-17(21(28)32-4)11-13-20-24-18-14-16(27(30)31)10-12-19(18)26(20)15-8-6-5-7-9-15/h5-10,12,14,17H,11,13H2,1-4H3,(H,25,29)/t17-/m0/s1. The summed E-state index contributed by atoms with van der Waals surface area (Å²) in [6, 6.07) is 12.9. The maximum atomic E-state index is 12.3. The number of carbonyl (C=O) groups is 2. The first kappa shape index (κ1) is 23.7. The van der Waals surface area contributed by atoms with Crippen molar-refractivity contribution in [3.63, 3.8) is 0 Å². The molecule has 1 aromatic heterocycles. The Balaban J connectivity index is 1.93. The first-order valence-electron chi connectivity index (χ1n) is 10.4. The zero-order valence-electron chi connectivity index (χ0n) is 18.9. The number of methoxy groups -OCH3 is 1. The summed E-state index contributed by atoms with van der Waals surface area (Å²) < 4.78 is 12.0. The molecule has 3 aromatic rings. The molecule has 0 radical (unpaired) electrons. The number of hydrogen-bond donors (Lipinski definition) is 1. The van der Waals surface area contributed by atoms with Gasteiger partial charge < -0.3 is 14.8 Å². The molecule has 10 nitrogen and oxygen atoms in total. The highest BCUT2D eigenvalue weighted by Crippen LogP contribution is 2.26. The lowest BCUT2D eigenvalue weighted by Crippen LogP contribution is -2.44. The summed E-state index contributed by atoms with van der Waals surface area (Å²) in [5.41, 5.74) is 1.18. The van der Waals surface area contributed by atoms with Gasteiger partial charge in [0.25, 0.3) is 5.69 Å². The van der Waals surface area contributed by atoms with Gasteiger partial charge in [-0.15, -0.1) is 0 Å². The quantitative estimate of drug-likeness (QED) is 0.326. The molecule has 0 saturated carbocycles. The molecule has 0 bridgehead atoms. The molecule has 33 heavy (non-hydrogen) atoms. The van der Waals surface area contributed by atoms with Crippen LogP contribution in [0.3, 0.4) is 0 Å². The number of carbonyl (C=O) groups excluding carboxylic acids is 2. The van der Waals surface area contributed by atoms with Gasteiger partial charge >= 0.3 is 12.1 Å². The van der Waals surface area contributed by atoms with Crippen LogP contribution in [0.5, 0.6) is 0 Å². The number of esters is 1. The minimum atomic E-state index is -0.955. The van der Waals surface area contributed by atoms with E-state index in [0.717, 1.165) is 5.69 Å². The minimum absolute atomic E-state index is 0.0641. The number of alkyl carbamates (subject to hydrolysis) is 1. The fraction of sp³-hybridized carbons (Fsp3) is 0.348. The fourth-order valence-electron chi connectivity index (χ4n) is 3.38. The van der Waals surface area contributed by atoms with E-state index >= 15 is 0 Å². The number of para-hydroxylation sites is 1. The Kier molecular flexibility index (Phi) is 6.95. The number of fused-ring (bicyclic) bond motifs is 1. The Morgan fingerprint density at radius 2 is 1.88 bits per heavy atom. The van der Waals surface area contributed by atoms with Crippen LogP contribution in [-0.4, -0.2) is 45.3 Å². The van der Waals surface area contributed by atoms with Crippen LogP contribution >= 0.6 is 0 Å². The fourth-order valence-corrected chi connectivity index (χ4v) is 3.38. The van der Waals surface area contributed by atoms with Crippen LogP contribution in [0.1, 0.15) is 33.0 Å². The van der Waals surface area contributed by atoms with Gasteiger partial charge in [0.2, 0.25) is 0 Å². The average Bonchev–Trinajstić information content (AvgIpc) is 3.12. The number of non-ortho nitro benzene ring substituents is 1. The number of nitro groups is 1. The van der Waals surface area contributed by atoms with E-state index in [-0.39, 0.29) is 18.5 Å². The van der Waals surface area contributed by atoms with Crippen LogP contribution < -0.4 is 5.32 Å². The smallest absolute Gasteiger partial charge is 0.408 e. The van der Waals surface area contributed by atoms with Gasteiger partial charge in [-0.05, 0) is 45.4 Å². The van der Waals surface area contributed by atoms with Crippen LogP contribution in [0, 0.1) is 10.1 Å². The molecule has 1 amide bonds. The van der Waals surface area contributed by atoms with Gasteiger partial charge in [0.05, 0.1) is 23.1 Å². The molecule has 10 heteroatoms. The summed E-state index contributed by atoms with van der Waals surface area (Å²) in [6.45, 7) is 5.17. The zero-order chi connectivity index (χ0) is 24.2. The zero-order valence-corrected chi connectivity index (χ0v) is 18.9. The van der Waals surface area contributed by atoms with E-state index in [9.17, 15) is 19.7 Å². The van der Waals surface area contributed by atoms with Gasteiger partial charge in [0.15, 0.2) is 0 Å². The van der Waals surface area contributed by atoms with Crippen LogP contribution in [0.4, 0.5) is 10.5 Å². The summed E-state index contributed by atoms with van der Waals surface area (Å²) in [5.74, 6) is -0.0320. The third-order valence-electron chi connectivity index (χ3n) is 4.77. The number of hydrogen-bond acceptors (Lipinski definition) is 7. The number of nitrogens with zero attached hydrogens (tertiary/aromatic N) is 3. The maximum Gasteiger partial charge on any atom is 0.408 e. The molecule has 0 fully saturated rings. The summed E-state index contributed by atoms with van der Waals surface area (Å²) in [5, 5.41) is 13.7. The predicted molar refractivity (Wildman–Crippen MR) is 121 cm³/mol. The van der Waals surface area contributed by atoms with Crippen LogP contribution in [0.2, 0.25) is 0 Å². The lowest BCUT2D eigenvalue weighted by Gasteiger charge is -2.22. The van der Waals surface area contributed by atoms with Crippen molar-refractivity contribution in [3.05, 3.63) is 64.5 Å². The molecule has 0 unspecified atom stereocenters. The molecule has 0 saturated heterocycles. The lowest BCUT2D eigenvalue weighted by atomic mass is 10.1. The molecular formula is C23H26N4O6. The van der Waals surface area contributed by atoms with E-state index in [2.05, 4.69) is 10.3 Å². The topological polar surface area (TPSA) is 126 Å².